The van der Waals surface area contributed by atoms with Gasteiger partial charge in [-0.25, -0.2) is 13.8 Å². The van der Waals surface area contributed by atoms with Gasteiger partial charge in [0.05, 0.1) is 5.56 Å². The summed E-state index contributed by atoms with van der Waals surface area (Å²) in [5.41, 5.74) is -5.36. The lowest BCUT2D eigenvalue weighted by atomic mass is 9.78. The van der Waals surface area contributed by atoms with E-state index in [0.29, 0.717) is 12.8 Å². The van der Waals surface area contributed by atoms with Crippen LogP contribution in [0.5, 0.6) is 0 Å². The molecular weight excluding hydrogens is 543 g/mol. The number of nitrogens with zero attached hydrogens (tertiary/aromatic N) is 5. The van der Waals surface area contributed by atoms with Gasteiger partial charge in [0.25, 0.3) is 5.56 Å². The summed E-state index contributed by atoms with van der Waals surface area (Å²) in [6, 6.07) is 5.42. The molecule has 6 rings (SSSR count). The first-order valence-corrected chi connectivity index (χ1v) is 13.6. The molecule has 3 aromatic heterocycles. The maximum absolute atomic E-state index is 16.7. The zero-order chi connectivity index (χ0) is 29.3. The number of nitrogens with one attached hydrogen (secondary N) is 1. The molecule has 1 N–H and O–H groups in total. The third kappa shape index (κ3) is 4.52. The van der Waals surface area contributed by atoms with Crippen LogP contribution in [0.4, 0.5) is 22.0 Å². The molecule has 41 heavy (non-hydrogen) atoms. The van der Waals surface area contributed by atoms with Gasteiger partial charge in [-0.3, -0.25) is 9.20 Å². The van der Waals surface area contributed by atoms with Crippen LogP contribution in [-0.2, 0) is 18.9 Å². The standard InChI is InChI=1S/C29H29F5N6O/c1-16(37-27(2)10-5-11-27)21-14-40-24(22(23(21)30)29(32,33)34)35-13-20(25(40)41)17-6-4-7-19(12-17)28(31,18-8-9-18)26-38-36-15-39(26)3/h4,6-7,12-16,18,37H,5,8-11H2,1-3H3. The summed E-state index contributed by atoms with van der Waals surface area (Å²) in [6.45, 7) is 3.51. The number of aryl methyl sites for hydroxylation is 1. The van der Waals surface area contributed by atoms with Gasteiger partial charge in [-0.15, -0.1) is 10.2 Å². The van der Waals surface area contributed by atoms with Crippen molar-refractivity contribution in [1.29, 1.82) is 0 Å². The Balaban J connectivity index is 1.50. The molecule has 0 radical (unpaired) electrons. The third-order valence-corrected chi connectivity index (χ3v) is 8.50. The predicted molar refractivity (Wildman–Crippen MR) is 141 cm³/mol. The van der Waals surface area contributed by atoms with Crippen molar-refractivity contribution >= 4 is 5.65 Å². The van der Waals surface area contributed by atoms with Crippen LogP contribution in [0.3, 0.4) is 0 Å². The van der Waals surface area contributed by atoms with E-state index in [4.69, 9.17) is 0 Å². The Morgan fingerprint density at radius 3 is 2.49 bits per heavy atom. The van der Waals surface area contributed by atoms with Crippen LogP contribution in [-0.4, -0.2) is 29.7 Å². The average molecular weight is 573 g/mol. The summed E-state index contributed by atoms with van der Waals surface area (Å²) < 4.78 is 76.9. The second kappa shape index (κ2) is 9.43. The lowest BCUT2D eigenvalue weighted by molar-refractivity contribution is -0.139. The van der Waals surface area contributed by atoms with Gasteiger partial charge in [0, 0.05) is 42.5 Å². The van der Waals surface area contributed by atoms with E-state index in [9.17, 15) is 18.0 Å². The largest absolute Gasteiger partial charge is 0.422 e. The summed E-state index contributed by atoms with van der Waals surface area (Å²) in [4.78, 5) is 17.6. The number of rotatable bonds is 7. The summed E-state index contributed by atoms with van der Waals surface area (Å²) in [5.74, 6) is -1.66. The second-order valence-electron chi connectivity index (χ2n) is 11.6. The maximum Gasteiger partial charge on any atom is 0.422 e. The Bertz CT molecular complexity index is 1700. The van der Waals surface area contributed by atoms with E-state index < -0.39 is 40.5 Å². The fourth-order valence-electron chi connectivity index (χ4n) is 5.97. The predicted octanol–water partition coefficient (Wildman–Crippen LogP) is 5.86. The fourth-order valence-corrected chi connectivity index (χ4v) is 5.97. The molecule has 0 aliphatic heterocycles. The number of aromatic nitrogens is 5. The number of benzene rings is 1. The van der Waals surface area contributed by atoms with E-state index in [-0.39, 0.29) is 39.5 Å². The SMILES string of the molecule is CC(NC1(C)CCC1)c1cn2c(=O)c(-c3cccc(C(F)(c4nncn4C)C4CC4)c3)cnc2c(C(F)(F)F)c1F. The normalized spacial score (nSPS) is 19.1. The highest BCUT2D eigenvalue weighted by Gasteiger charge is 2.51. The molecule has 0 spiro atoms. The Morgan fingerprint density at radius 1 is 1.17 bits per heavy atom. The number of fused-ring (bicyclic) bond motifs is 1. The molecule has 2 fully saturated rings. The van der Waals surface area contributed by atoms with Gasteiger partial charge in [-0.05, 0) is 63.1 Å². The Hall–Kier alpha value is -3.67. The van der Waals surface area contributed by atoms with Crippen molar-refractivity contribution in [3.05, 3.63) is 81.7 Å². The van der Waals surface area contributed by atoms with E-state index in [1.165, 1.54) is 17.0 Å². The van der Waals surface area contributed by atoms with Crippen molar-refractivity contribution < 1.29 is 22.0 Å². The number of alkyl halides is 4. The van der Waals surface area contributed by atoms with Crippen molar-refractivity contribution in [2.45, 2.75) is 69.4 Å². The first-order chi connectivity index (χ1) is 19.3. The van der Waals surface area contributed by atoms with Crippen molar-refractivity contribution in [1.82, 2.24) is 29.5 Å². The van der Waals surface area contributed by atoms with E-state index >= 15 is 8.78 Å². The maximum atomic E-state index is 16.7. The van der Waals surface area contributed by atoms with Gasteiger partial charge in [-0.1, -0.05) is 18.2 Å². The third-order valence-electron chi connectivity index (χ3n) is 8.50. The van der Waals surface area contributed by atoms with Crippen LogP contribution < -0.4 is 10.9 Å². The van der Waals surface area contributed by atoms with E-state index in [1.54, 1.807) is 32.2 Å². The average Bonchev–Trinajstić information content (AvgIpc) is 3.67. The minimum atomic E-state index is -5.10. The fraction of sp³-hybridized carbons (Fsp3) is 0.448. The molecule has 3 heterocycles. The molecule has 0 bridgehead atoms. The molecule has 0 amide bonds. The lowest BCUT2D eigenvalue weighted by Gasteiger charge is -2.41. The zero-order valence-electron chi connectivity index (χ0n) is 22.8. The molecule has 12 heteroatoms. The van der Waals surface area contributed by atoms with Gasteiger partial charge in [0.2, 0.25) is 0 Å². The number of hydrogen-bond acceptors (Lipinski definition) is 5. The summed E-state index contributed by atoms with van der Waals surface area (Å²) in [7, 11) is 1.64. The van der Waals surface area contributed by atoms with Gasteiger partial charge < -0.3 is 9.88 Å². The quantitative estimate of drug-likeness (QED) is 0.281. The lowest BCUT2D eigenvalue weighted by Crippen LogP contribution is -2.49. The minimum absolute atomic E-state index is 0.0438. The molecule has 2 atom stereocenters. The highest BCUT2D eigenvalue weighted by molar-refractivity contribution is 5.66. The molecule has 2 saturated carbocycles. The number of pyridine rings is 1. The van der Waals surface area contributed by atoms with Crippen LogP contribution in [0.1, 0.15) is 74.5 Å². The van der Waals surface area contributed by atoms with E-state index in [2.05, 4.69) is 20.5 Å². The monoisotopic (exact) mass is 572 g/mol. The molecule has 2 aliphatic rings. The summed E-state index contributed by atoms with van der Waals surface area (Å²) in [6.07, 6.45) is 2.27. The molecule has 2 aliphatic carbocycles. The van der Waals surface area contributed by atoms with Crippen LogP contribution in [0.25, 0.3) is 16.8 Å². The van der Waals surface area contributed by atoms with Crippen LogP contribution in [0.2, 0.25) is 0 Å². The van der Waals surface area contributed by atoms with Crippen LogP contribution in [0, 0.1) is 11.7 Å². The van der Waals surface area contributed by atoms with Crippen LogP contribution in [0.15, 0.2) is 47.8 Å². The number of halogens is 5. The highest BCUT2D eigenvalue weighted by atomic mass is 19.4. The Labute approximate surface area is 232 Å². The highest BCUT2D eigenvalue weighted by Crippen LogP contribution is 2.52. The van der Waals surface area contributed by atoms with Gasteiger partial charge in [-0.2, -0.15) is 13.2 Å². The van der Waals surface area contributed by atoms with Crippen molar-refractivity contribution in [2.24, 2.45) is 13.0 Å². The molecular formula is C29H29F5N6O. The van der Waals surface area contributed by atoms with Gasteiger partial charge in [0.15, 0.2) is 17.1 Å². The molecule has 1 aromatic carbocycles. The van der Waals surface area contributed by atoms with Crippen molar-refractivity contribution in [2.75, 3.05) is 0 Å². The topological polar surface area (TPSA) is 77.1 Å². The van der Waals surface area contributed by atoms with Crippen LogP contribution >= 0.6 is 0 Å². The second-order valence-corrected chi connectivity index (χ2v) is 11.6. The van der Waals surface area contributed by atoms with Gasteiger partial charge >= 0.3 is 6.18 Å². The first-order valence-electron chi connectivity index (χ1n) is 13.6. The minimum Gasteiger partial charge on any atom is -0.318 e. The Morgan fingerprint density at radius 2 is 1.90 bits per heavy atom. The first kappa shape index (κ1) is 27.5. The summed E-state index contributed by atoms with van der Waals surface area (Å²) in [5, 5.41) is 11.0. The van der Waals surface area contributed by atoms with Crippen molar-refractivity contribution in [3.63, 3.8) is 0 Å². The molecule has 0 saturated heterocycles. The number of hydrogen-bond donors (Lipinski definition) is 1. The Kier molecular flexibility index (Phi) is 6.33. The molecule has 7 nitrogen and oxygen atoms in total. The van der Waals surface area contributed by atoms with E-state index in [1.807, 2.05) is 6.92 Å². The smallest absolute Gasteiger partial charge is 0.318 e. The van der Waals surface area contributed by atoms with E-state index in [0.717, 1.165) is 36.1 Å². The molecule has 2 unspecified atom stereocenters. The van der Waals surface area contributed by atoms with Gasteiger partial charge in [0.1, 0.15) is 17.7 Å². The molecule has 4 aromatic rings. The zero-order valence-corrected chi connectivity index (χ0v) is 22.8. The van der Waals surface area contributed by atoms with Crippen molar-refractivity contribution in [3.8, 4) is 11.1 Å². The summed E-state index contributed by atoms with van der Waals surface area (Å²) >= 11 is 0. The molecule has 216 valence electrons.